The summed E-state index contributed by atoms with van der Waals surface area (Å²) < 4.78 is 3.11. The summed E-state index contributed by atoms with van der Waals surface area (Å²) in [6.45, 7) is 9.71. The van der Waals surface area contributed by atoms with Gasteiger partial charge in [-0.05, 0) is 57.3 Å². The average molecular weight is 331 g/mol. The van der Waals surface area contributed by atoms with Crippen molar-refractivity contribution in [2.45, 2.75) is 45.7 Å². The fraction of sp³-hybridized carbons (Fsp3) is 0.786. The molecule has 5 heteroatoms. The Bertz CT molecular complexity index is 423. The van der Waals surface area contributed by atoms with Crippen molar-refractivity contribution in [2.24, 2.45) is 7.05 Å². The van der Waals surface area contributed by atoms with E-state index in [1.54, 1.807) is 0 Å². The predicted octanol–water partition coefficient (Wildman–Crippen LogP) is 2.35. The topological polar surface area (TPSA) is 33.1 Å². The number of likely N-dealkylation sites (N-methyl/N-ethyl adjacent to an activating group) is 2. The van der Waals surface area contributed by atoms with E-state index in [0.29, 0.717) is 6.04 Å². The van der Waals surface area contributed by atoms with Gasteiger partial charge in [-0.3, -0.25) is 4.68 Å². The van der Waals surface area contributed by atoms with Crippen molar-refractivity contribution in [3.63, 3.8) is 0 Å². The van der Waals surface area contributed by atoms with Crippen LogP contribution in [0, 0.1) is 6.92 Å². The normalized spacial score (nSPS) is 14.2. The van der Waals surface area contributed by atoms with Crippen LogP contribution in [0.25, 0.3) is 0 Å². The van der Waals surface area contributed by atoms with Gasteiger partial charge in [-0.15, -0.1) is 0 Å². The minimum atomic E-state index is 0.0770. The van der Waals surface area contributed by atoms with Gasteiger partial charge in [0, 0.05) is 25.0 Å². The second-order valence-corrected chi connectivity index (χ2v) is 6.63. The number of hydrogen-bond acceptors (Lipinski definition) is 3. The van der Waals surface area contributed by atoms with Gasteiger partial charge in [0.2, 0.25) is 0 Å². The van der Waals surface area contributed by atoms with Gasteiger partial charge in [-0.2, -0.15) is 5.10 Å². The fourth-order valence-electron chi connectivity index (χ4n) is 2.22. The lowest BCUT2D eigenvalue weighted by atomic mass is 9.89. The van der Waals surface area contributed by atoms with Crippen molar-refractivity contribution in [1.29, 1.82) is 0 Å². The van der Waals surface area contributed by atoms with Crippen LogP contribution in [0.15, 0.2) is 4.47 Å². The zero-order valence-corrected chi connectivity index (χ0v) is 14.8. The Morgan fingerprint density at radius 1 is 1.42 bits per heavy atom. The fourth-order valence-corrected chi connectivity index (χ4v) is 2.72. The molecular weight excluding hydrogens is 304 g/mol. The van der Waals surface area contributed by atoms with Crippen molar-refractivity contribution in [1.82, 2.24) is 20.0 Å². The Morgan fingerprint density at radius 3 is 2.37 bits per heavy atom. The number of halogens is 1. The minimum absolute atomic E-state index is 0.0770. The van der Waals surface area contributed by atoms with E-state index in [4.69, 9.17) is 0 Å². The molecule has 1 atom stereocenters. The van der Waals surface area contributed by atoms with Crippen molar-refractivity contribution in [2.75, 3.05) is 20.6 Å². The molecule has 19 heavy (non-hydrogen) atoms. The van der Waals surface area contributed by atoms with Gasteiger partial charge in [-0.1, -0.05) is 6.92 Å². The van der Waals surface area contributed by atoms with Crippen LogP contribution in [-0.2, 0) is 13.5 Å². The molecule has 0 amide bonds. The van der Waals surface area contributed by atoms with Crippen LogP contribution in [0.4, 0.5) is 0 Å². The Hall–Kier alpha value is -0.390. The lowest BCUT2D eigenvalue weighted by Gasteiger charge is -2.40. The lowest BCUT2D eigenvalue weighted by Crippen LogP contribution is -2.56. The molecule has 1 rings (SSSR count). The number of rotatable bonds is 6. The molecular formula is C14H27BrN4. The molecule has 0 spiro atoms. The highest BCUT2D eigenvalue weighted by molar-refractivity contribution is 9.10. The number of nitrogens with one attached hydrogen (secondary N) is 1. The molecule has 0 saturated carbocycles. The summed E-state index contributed by atoms with van der Waals surface area (Å²) in [4.78, 5) is 2.28. The third-order valence-electron chi connectivity index (χ3n) is 4.12. The van der Waals surface area contributed by atoms with E-state index in [0.717, 1.165) is 23.1 Å². The molecule has 1 aromatic rings. The van der Waals surface area contributed by atoms with Gasteiger partial charge >= 0.3 is 0 Å². The highest BCUT2D eigenvalue weighted by Crippen LogP contribution is 2.25. The first-order valence-corrected chi connectivity index (χ1v) is 7.59. The van der Waals surface area contributed by atoms with Crippen LogP contribution >= 0.6 is 15.9 Å². The summed E-state index contributed by atoms with van der Waals surface area (Å²) in [5, 5.41) is 8.09. The zero-order valence-electron chi connectivity index (χ0n) is 13.2. The third-order valence-corrected chi connectivity index (χ3v) is 5.15. The van der Waals surface area contributed by atoms with E-state index in [9.17, 15) is 0 Å². The number of aryl methyl sites for hydroxylation is 2. The maximum atomic E-state index is 4.48. The summed E-state index contributed by atoms with van der Waals surface area (Å²) in [5.41, 5.74) is 2.38. The molecule has 1 aromatic heterocycles. The van der Waals surface area contributed by atoms with Gasteiger partial charge in [0.25, 0.3) is 0 Å². The quantitative estimate of drug-likeness (QED) is 0.869. The summed E-state index contributed by atoms with van der Waals surface area (Å²) >= 11 is 3.66. The van der Waals surface area contributed by atoms with E-state index in [2.05, 4.69) is 66.1 Å². The van der Waals surface area contributed by atoms with Crippen LogP contribution in [0.1, 0.15) is 32.2 Å². The minimum Gasteiger partial charge on any atom is -0.312 e. The average Bonchev–Trinajstić information content (AvgIpc) is 2.54. The first-order chi connectivity index (χ1) is 8.71. The van der Waals surface area contributed by atoms with E-state index in [1.165, 1.54) is 5.69 Å². The number of aromatic nitrogens is 2. The summed E-state index contributed by atoms with van der Waals surface area (Å²) in [7, 11) is 6.28. The van der Waals surface area contributed by atoms with Gasteiger partial charge in [0.15, 0.2) is 0 Å². The van der Waals surface area contributed by atoms with Crippen LogP contribution in [-0.4, -0.2) is 46.9 Å². The maximum absolute atomic E-state index is 4.48. The number of nitrogens with zero attached hydrogens (tertiary/aromatic N) is 3. The molecule has 4 nitrogen and oxygen atoms in total. The number of hydrogen-bond donors (Lipinski definition) is 1. The smallest absolute Gasteiger partial charge is 0.0738 e. The van der Waals surface area contributed by atoms with Crippen LogP contribution in [0.3, 0.4) is 0 Å². The molecule has 0 aliphatic heterocycles. The lowest BCUT2D eigenvalue weighted by molar-refractivity contribution is 0.137. The first-order valence-electron chi connectivity index (χ1n) is 6.80. The van der Waals surface area contributed by atoms with Gasteiger partial charge < -0.3 is 10.2 Å². The molecule has 0 bridgehead atoms. The SMILES string of the molecule is CCNC(Cc1c(Br)c(C)nn1C)C(C)(C)N(C)C. The molecule has 0 aromatic carbocycles. The molecule has 1 unspecified atom stereocenters. The molecule has 0 aliphatic rings. The van der Waals surface area contributed by atoms with E-state index >= 15 is 0 Å². The zero-order chi connectivity index (χ0) is 14.8. The standard InChI is InChI=1S/C14H27BrN4/c1-8-16-12(14(3,4)18(5)6)9-11-13(15)10(2)17-19(11)7/h12,16H,8-9H2,1-7H3. The molecule has 0 fully saturated rings. The van der Waals surface area contributed by atoms with Crippen LogP contribution < -0.4 is 5.32 Å². The van der Waals surface area contributed by atoms with Crippen molar-refractivity contribution in [3.05, 3.63) is 15.9 Å². The molecule has 0 saturated heterocycles. The molecule has 0 aliphatic carbocycles. The van der Waals surface area contributed by atoms with Crippen molar-refractivity contribution in [3.8, 4) is 0 Å². The Morgan fingerprint density at radius 2 is 2.00 bits per heavy atom. The third kappa shape index (κ3) is 3.58. The first kappa shape index (κ1) is 16.7. The predicted molar refractivity (Wildman–Crippen MR) is 84.6 cm³/mol. The Kier molecular flexibility index (Phi) is 5.59. The summed E-state index contributed by atoms with van der Waals surface area (Å²) in [6, 6.07) is 0.374. The molecule has 0 radical (unpaired) electrons. The van der Waals surface area contributed by atoms with Crippen LogP contribution in [0.2, 0.25) is 0 Å². The largest absolute Gasteiger partial charge is 0.312 e. The maximum Gasteiger partial charge on any atom is 0.0738 e. The highest BCUT2D eigenvalue weighted by atomic mass is 79.9. The van der Waals surface area contributed by atoms with Crippen molar-refractivity contribution >= 4 is 15.9 Å². The van der Waals surface area contributed by atoms with Gasteiger partial charge in [0.1, 0.15) is 0 Å². The monoisotopic (exact) mass is 330 g/mol. The summed E-state index contributed by atoms with van der Waals surface area (Å²) in [6.07, 6.45) is 0.955. The van der Waals surface area contributed by atoms with E-state index < -0.39 is 0 Å². The highest BCUT2D eigenvalue weighted by Gasteiger charge is 2.32. The van der Waals surface area contributed by atoms with Crippen LogP contribution in [0.5, 0.6) is 0 Å². The second kappa shape index (κ2) is 6.37. The van der Waals surface area contributed by atoms with Gasteiger partial charge in [-0.25, -0.2) is 0 Å². The Labute approximate surface area is 125 Å². The van der Waals surface area contributed by atoms with Crippen molar-refractivity contribution < 1.29 is 0 Å². The molecule has 1 heterocycles. The molecule has 1 N–H and O–H groups in total. The Balaban J connectivity index is 3.02. The molecule has 110 valence electrons. The van der Waals surface area contributed by atoms with E-state index in [1.807, 2.05) is 18.7 Å². The summed E-state index contributed by atoms with van der Waals surface area (Å²) in [5.74, 6) is 0. The van der Waals surface area contributed by atoms with Gasteiger partial charge in [0.05, 0.1) is 15.9 Å². The van der Waals surface area contributed by atoms with E-state index in [-0.39, 0.29) is 5.54 Å². The second-order valence-electron chi connectivity index (χ2n) is 5.83.